The van der Waals surface area contributed by atoms with E-state index in [1.807, 2.05) is 12.1 Å². The first kappa shape index (κ1) is 13.7. The Morgan fingerprint density at radius 3 is 2.35 bits per heavy atom. The Kier molecular flexibility index (Phi) is 5.70. The lowest BCUT2D eigenvalue weighted by Crippen LogP contribution is -2.30. The van der Waals surface area contributed by atoms with Crippen LogP contribution in [0.25, 0.3) is 0 Å². The zero-order chi connectivity index (χ0) is 12.7. The van der Waals surface area contributed by atoms with Crippen molar-refractivity contribution in [2.75, 3.05) is 11.9 Å². The number of amides is 1. The van der Waals surface area contributed by atoms with E-state index in [1.54, 1.807) is 0 Å². The molecule has 3 heteroatoms. The van der Waals surface area contributed by atoms with Gasteiger partial charge in [0.15, 0.2) is 0 Å². The van der Waals surface area contributed by atoms with Crippen molar-refractivity contribution in [2.24, 2.45) is 0 Å². The smallest absolute Gasteiger partial charge is 0.221 e. The predicted octanol–water partition coefficient (Wildman–Crippen LogP) is 2.58. The molecule has 0 aliphatic carbocycles. The molecule has 0 radical (unpaired) electrons. The fraction of sp³-hybridized carbons (Fsp3) is 0.500. The summed E-state index contributed by atoms with van der Waals surface area (Å²) in [4.78, 5) is 10.9. The van der Waals surface area contributed by atoms with E-state index in [-0.39, 0.29) is 5.91 Å². The summed E-state index contributed by atoms with van der Waals surface area (Å²) in [6, 6.07) is 8.59. The van der Waals surface area contributed by atoms with Crippen LogP contribution < -0.4 is 10.6 Å². The monoisotopic (exact) mass is 234 g/mol. The second-order valence-corrected chi connectivity index (χ2v) is 4.25. The first-order valence-corrected chi connectivity index (χ1v) is 6.25. The van der Waals surface area contributed by atoms with Crippen molar-refractivity contribution in [3.05, 3.63) is 29.8 Å². The minimum Gasteiger partial charge on any atom is -0.326 e. The molecule has 0 spiro atoms. The van der Waals surface area contributed by atoms with Gasteiger partial charge in [0.25, 0.3) is 0 Å². The Bertz CT molecular complexity index is 346. The third-order valence-corrected chi connectivity index (χ3v) is 2.74. The average Bonchev–Trinajstić information content (AvgIpc) is 2.30. The van der Waals surface area contributed by atoms with Gasteiger partial charge in [-0.15, -0.1) is 0 Å². The van der Waals surface area contributed by atoms with Gasteiger partial charge in [0.05, 0.1) is 0 Å². The number of hydrogen-bond donors (Lipinski definition) is 2. The van der Waals surface area contributed by atoms with Gasteiger partial charge in [0.2, 0.25) is 5.91 Å². The Labute approximate surface area is 104 Å². The number of carbonyl (C=O) groups excluding carboxylic acids is 1. The van der Waals surface area contributed by atoms with Gasteiger partial charge in [0.1, 0.15) is 0 Å². The predicted molar refractivity (Wildman–Crippen MR) is 72.2 cm³/mol. The van der Waals surface area contributed by atoms with Crippen LogP contribution in [0, 0.1) is 0 Å². The van der Waals surface area contributed by atoms with Crippen LogP contribution in [0.1, 0.15) is 32.8 Å². The van der Waals surface area contributed by atoms with Crippen molar-refractivity contribution >= 4 is 11.6 Å². The lowest BCUT2D eigenvalue weighted by molar-refractivity contribution is -0.114. The lowest BCUT2D eigenvalue weighted by atomic mass is 10.0. The quantitative estimate of drug-likeness (QED) is 0.794. The molecular weight excluding hydrogens is 212 g/mol. The van der Waals surface area contributed by atoms with Crippen LogP contribution in [-0.4, -0.2) is 18.5 Å². The summed E-state index contributed by atoms with van der Waals surface area (Å²) in [5.74, 6) is -0.0307. The SMILES string of the molecule is CCNC(CC)Cc1ccc(NC(C)=O)cc1. The highest BCUT2D eigenvalue weighted by Gasteiger charge is 2.05. The van der Waals surface area contributed by atoms with Crippen molar-refractivity contribution in [1.82, 2.24) is 5.32 Å². The maximum Gasteiger partial charge on any atom is 0.221 e. The van der Waals surface area contributed by atoms with Gasteiger partial charge in [-0.2, -0.15) is 0 Å². The van der Waals surface area contributed by atoms with E-state index in [9.17, 15) is 4.79 Å². The maximum atomic E-state index is 10.9. The molecule has 0 bridgehead atoms. The molecule has 17 heavy (non-hydrogen) atoms. The summed E-state index contributed by atoms with van der Waals surface area (Å²) in [6.07, 6.45) is 2.16. The number of rotatable bonds is 6. The van der Waals surface area contributed by atoms with Crippen LogP contribution in [0.15, 0.2) is 24.3 Å². The topological polar surface area (TPSA) is 41.1 Å². The van der Waals surface area contributed by atoms with E-state index in [1.165, 1.54) is 12.5 Å². The molecule has 0 fully saturated rings. The largest absolute Gasteiger partial charge is 0.326 e. The third kappa shape index (κ3) is 5.00. The highest BCUT2D eigenvalue weighted by molar-refractivity contribution is 5.88. The fourth-order valence-corrected chi connectivity index (χ4v) is 1.86. The molecule has 2 N–H and O–H groups in total. The van der Waals surface area contributed by atoms with Gasteiger partial charge in [-0.05, 0) is 37.1 Å². The van der Waals surface area contributed by atoms with Gasteiger partial charge < -0.3 is 10.6 Å². The second kappa shape index (κ2) is 7.07. The Morgan fingerprint density at radius 1 is 1.24 bits per heavy atom. The van der Waals surface area contributed by atoms with Crippen molar-refractivity contribution in [1.29, 1.82) is 0 Å². The molecule has 94 valence electrons. The van der Waals surface area contributed by atoms with E-state index in [4.69, 9.17) is 0 Å². The molecule has 0 aliphatic rings. The van der Waals surface area contributed by atoms with Gasteiger partial charge in [-0.3, -0.25) is 4.79 Å². The average molecular weight is 234 g/mol. The maximum absolute atomic E-state index is 10.9. The van der Waals surface area contributed by atoms with E-state index < -0.39 is 0 Å². The normalized spacial score (nSPS) is 12.2. The molecule has 0 aromatic heterocycles. The zero-order valence-electron chi connectivity index (χ0n) is 10.9. The number of nitrogens with one attached hydrogen (secondary N) is 2. The van der Waals surface area contributed by atoms with Crippen molar-refractivity contribution in [2.45, 2.75) is 39.7 Å². The van der Waals surface area contributed by atoms with Crippen LogP contribution in [0.2, 0.25) is 0 Å². The van der Waals surface area contributed by atoms with Gasteiger partial charge in [-0.25, -0.2) is 0 Å². The minimum absolute atomic E-state index is 0.0307. The number of hydrogen-bond acceptors (Lipinski definition) is 2. The third-order valence-electron chi connectivity index (χ3n) is 2.74. The van der Waals surface area contributed by atoms with E-state index >= 15 is 0 Å². The molecule has 1 aromatic rings. The number of carbonyl (C=O) groups is 1. The van der Waals surface area contributed by atoms with Crippen LogP contribution >= 0.6 is 0 Å². The highest BCUT2D eigenvalue weighted by atomic mass is 16.1. The van der Waals surface area contributed by atoms with Crippen LogP contribution in [0.4, 0.5) is 5.69 Å². The summed E-state index contributed by atoms with van der Waals surface area (Å²) in [6.45, 7) is 6.84. The van der Waals surface area contributed by atoms with Crippen LogP contribution in [0.5, 0.6) is 0 Å². The minimum atomic E-state index is -0.0307. The van der Waals surface area contributed by atoms with Gasteiger partial charge >= 0.3 is 0 Å². The first-order valence-electron chi connectivity index (χ1n) is 6.25. The number of anilines is 1. The summed E-state index contributed by atoms with van der Waals surface area (Å²) < 4.78 is 0. The van der Waals surface area contributed by atoms with Crippen molar-refractivity contribution in [3.63, 3.8) is 0 Å². The standard InChI is InChI=1S/C14H22N2O/c1-4-13(15-5-2)10-12-6-8-14(9-7-12)16-11(3)17/h6-9,13,15H,4-5,10H2,1-3H3,(H,16,17). The summed E-state index contributed by atoms with van der Waals surface area (Å²) in [7, 11) is 0. The Morgan fingerprint density at radius 2 is 1.88 bits per heavy atom. The van der Waals surface area contributed by atoms with Crippen molar-refractivity contribution < 1.29 is 4.79 Å². The molecule has 0 saturated carbocycles. The summed E-state index contributed by atoms with van der Waals surface area (Å²) in [5.41, 5.74) is 2.16. The molecule has 1 amide bonds. The molecule has 1 unspecified atom stereocenters. The number of likely N-dealkylation sites (N-methyl/N-ethyl adjacent to an activating group) is 1. The molecule has 0 heterocycles. The van der Waals surface area contributed by atoms with E-state index in [0.29, 0.717) is 6.04 Å². The van der Waals surface area contributed by atoms with Gasteiger partial charge in [0, 0.05) is 18.7 Å². The number of benzene rings is 1. The summed E-state index contributed by atoms with van der Waals surface area (Å²) in [5, 5.41) is 6.23. The Hall–Kier alpha value is -1.35. The zero-order valence-corrected chi connectivity index (χ0v) is 10.9. The van der Waals surface area contributed by atoms with Gasteiger partial charge in [-0.1, -0.05) is 26.0 Å². The molecule has 1 aromatic carbocycles. The molecular formula is C14H22N2O. The summed E-state index contributed by atoms with van der Waals surface area (Å²) >= 11 is 0. The fourth-order valence-electron chi connectivity index (χ4n) is 1.86. The second-order valence-electron chi connectivity index (χ2n) is 4.25. The van der Waals surface area contributed by atoms with Crippen LogP contribution in [-0.2, 0) is 11.2 Å². The van der Waals surface area contributed by atoms with E-state index in [0.717, 1.165) is 25.1 Å². The van der Waals surface area contributed by atoms with Crippen molar-refractivity contribution in [3.8, 4) is 0 Å². The van der Waals surface area contributed by atoms with E-state index in [2.05, 4.69) is 36.6 Å². The molecule has 1 atom stereocenters. The molecule has 0 aliphatic heterocycles. The lowest BCUT2D eigenvalue weighted by Gasteiger charge is -2.15. The first-order chi connectivity index (χ1) is 8.15. The highest BCUT2D eigenvalue weighted by Crippen LogP contribution is 2.12. The molecule has 3 nitrogen and oxygen atoms in total. The Balaban J connectivity index is 2.57. The van der Waals surface area contributed by atoms with Crippen LogP contribution in [0.3, 0.4) is 0 Å². The molecule has 1 rings (SSSR count). The molecule has 0 saturated heterocycles.